The van der Waals surface area contributed by atoms with Crippen molar-refractivity contribution in [2.75, 3.05) is 12.4 Å². The van der Waals surface area contributed by atoms with Gasteiger partial charge in [-0.2, -0.15) is 0 Å². The van der Waals surface area contributed by atoms with Crippen LogP contribution < -0.4 is 5.32 Å². The van der Waals surface area contributed by atoms with Gasteiger partial charge >= 0.3 is 0 Å². The highest BCUT2D eigenvalue weighted by molar-refractivity contribution is 7.13. The van der Waals surface area contributed by atoms with Crippen LogP contribution in [0.3, 0.4) is 0 Å². The van der Waals surface area contributed by atoms with E-state index in [1.807, 2.05) is 30.3 Å². The summed E-state index contributed by atoms with van der Waals surface area (Å²) in [7, 11) is 1.73. The smallest absolute Gasteiger partial charge is 0.232 e. The Hall–Kier alpha value is -2.28. The predicted octanol–water partition coefficient (Wildman–Crippen LogP) is 1.70. The van der Waals surface area contributed by atoms with Crippen molar-refractivity contribution in [2.45, 2.75) is 12.5 Å². The van der Waals surface area contributed by atoms with Crippen molar-refractivity contribution < 1.29 is 9.59 Å². The Morgan fingerprint density at radius 3 is 2.81 bits per heavy atom. The molecule has 0 saturated carbocycles. The van der Waals surface area contributed by atoms with E-state index in [-0.39, 0.29) is 24.3 Å². The predicted molar refractivity (Wildman–Crippen MR) is 78.6 cm³/mol. The molecule has 0 spiro atoms. The van der Waals surface area contributed by atoms with E-state index in [4.69, 9.17) is 0 Å². The first-order valence-corrected chi connectivity index (χ1v) is 7.42. The molecule has 1 saturated heterocycles. The number of carbonyl (C=O) groups is 2. The van der Waals surface area contributed by atoms with E-state index in [9.17, 15) is 9.59 Å². The number of aromatic nitrogens is 2. The number of hydrogen-bond acceptors (Lipinski definition) is 5. The van der Waals surface area contributed by atoms with Crippen LogP contribution >= 0.6 is 11.3 Å². The Balaban J connectivity index is 1.85. The molecule has 2 heterocycles. The van der Waals surface area contributed by atoms with Crippen LogP contribution in [0.4, 0.5) is 5.13 Å². The van der Waals surface area contributed by atoms with E-state index >= 15 is 0 Å². The van der Waals surface area contributed by atoms with Crippen molar-refractivity contribution in [1.82, 2.24) is 15.1 Å². The van der Waals surface area contributed by atoms with Gasteiger partial charge in [-0.25, -0.2) is 0 Å². The van der Waals surface area contributed by atoms with E-state index in [0.717, 1.165) is 5.56 Å². The fourth-order valence-corrected chi connectivity index (χ4v) is 3.08. The Morgan fingerprint density at radius 2 is 2.14 bits per heavy atom. The molecular formula is C14H14N4O2S. The van der Waals surface area contributed by atoms with Gasteiger partial charge in [-0.05, 0) is 5.56 Å². The highest BCUT2D eigenvalue weighted by Crippen LogP contribution is 2.37. The number of nitrogens with one attached hydrogen (secondary N) is 1. The largest absolute Gasteiger partial charge is 0.338 e. The van der Waals surface area contributed by atoms with E-state index < -0.39 is 5.92 Å². The third-order valence-electron chi connectivity index (χ3n) is 3.65. The minimum atomic E-state index is -0.422. The molecule has 0 bridgehead atoms. The first kappa shape index (κ1) is 13.7. The lowest BCUT2D eigenvalue weighted by molar-refractivity contribution is -0.127. The molecule has 1 aliphatic heterocycles. The summed E-state index contributed by atoms with van der Waals surface area (Å²) in [5.41, 5.74) is 2.51. The average Bonchev–Trinajstić information content (AvgIpc) is 3.09. The molecule has 2 atom stereocenters. The average molecular weight is 302 g/mol. The Labute approximate surface area is 125 Å². The summed E-state index contributed by atoms with van der Waals surface area (Å²) in [4.78, 5) is 26.1. The molecule has 2 aromatic rings. The molecular weight excluding hydrogens is 288 g/mol. The van der Waals surface area contributed by atoms with Crippen molar-refractivity contribution >= 4 is 28.3 Å². The molecule has 1 N–H and O–H groups in total. The Morgan fingerprint density at radius 1 is 1.38 bits per heavy atom. The third-order valence-corrected chi connectivity index (χ3v) is 4.26. The molecule has 2 amide bonds. The molecule has 1 aromatic heterocycles. The molecule has 1 aliphatic rings. The van der Waals surface area contributed by atoms with Gasteiger partial charge in [-0.1, -0.05) is 41.7 Å². The molecule has 7 heteroatoms. The minimum absolute atomic E-state index is 0.0266. The van der Waals surface area contributed by atoms with Gasteiger partial charge in [0.25, 0.3) is 0 Å². The topological polar surface area (TPSA) is 75.2 Å². The highest BCUT2D eigenvalue weighted by Gasteiger charge is 2.42. The summed E-state index contributed by atoms with van der Waals surface area (Å²) in [5.74, 6) is -0.645. The zero-order valence-corrected chi connectivity index (χ0v) is 12.2. The second kappa shape index (κ2) is 5.61. The van der Waals surface area contributed by atoms with Crippen molar-refractivity contribution in [3.63, 3.8) is 0 Å². The van der Waals surface area contributed by atoms with Crippen LogP contribution in [0.25, 0.3) is 0 Å². The van der Waals surface area contributed by atoms with E-state index in [2.05, 4.69) is 15.5 Å². The number of amides is 2. The lowest BCUT2D eigenvalue weighted by atomic mass is 9.93. The van der Waals surface area contributed by atoms with Crippen LogP contribution in [0, 0.1) is 5.92 Å². The Bertz CT molecular complexity index is 644. The number of carbonyl (C=O) groups excluding carboxylic acids is 2. The lowest BCUT2D eigenvalue weighted by Gasteiger charge is -2.24. The number of anilines is 1. The number of nitrogens with zero attached hydrogens (tertiary/aromatic N) is 3. The normalized spacial score (nSPS) is 21.6. The van der Waals surface area contributed by atoms with Crippen LogP contribution in [-0.4, -0.2) is 34.0 Å². The summed E-state index contributed by atoms with van der Waals surface area (Å²) in [6, 6.07) is 9.36. The fourth-order valence-electron chi connectivity index (χ4n) is 2.64. The molecule has 21 heavy (non-hydrogen) atoms. The van der Waals surface area contributed by atoms with Crippen LogP contribution in [0.5, 0.6) is 0 Å². The van der Waals surface area contributed by atoms with Crippen molar-refractivity contribution in [1.29, 1.82) is 0 Å². The van der Waals surface area contributed by atoms with Crippen LogP contribution in [-0.2, 0) is 9.59 Å². The molecule has 3 rings (SSSR count). The summed E-state index contributed by atoms with van der Waals surface area (Å²) < 4.78 is 0. The van der Waals surface area contributed by atoms with Gasteiger partial charge < -0.3 is 10.2 Å². The monoisotopic (exact) mass is 302 g/mol. The van der Waals surface area contributed by atoms with Crippen LogP contribution in [0.2, 0.25) is 0 Å². The highest BCUT2D eigenvalue weighted by atomic mass is 32.1. The summed E-state index contributed by atoms with van der Waals surface area (Å²) in [6.45, 7) is 0. The summed E-state index contributed by atoms with van der Waals surface area (Å²) >= 11 is 1.26. The Kier molecular flexibility index (Phi) is 3.66. The maximum Gasteiger partial charge on any atom is 0.232 e. The standard InChI is InChI=1S/C14H14N4O2S/c1-18-11(19)7-10(12(18)9-5-3-2-4-6-9)13(20)16-14-17-15-8-21-14/h2-6,8,10,12H,7H2,1H3,(H,16,17,20)/t10-,12+/m0/s1. The van der Waals surface area contributed by atoms with E-state index in [1.165, 1.54) is 11.3 Å². The molecule has 0 unspecified atom stereocenters. The molecule has 1 fully saturated rings. The maximum absolute atomic E-state index is 12.4. The van der Waals surface area contributed by atoms with Gasteiger partial charge in [0, 0.05) is 13.5 Å². The number of benzene rings is 1. The zero-order valence-electron chi connectivity index (χ0n) is 11.4. The number of rotatable bonds is 3. The van der Waals surface area contributed by atoms with Crippen LogP contribution in [0.15, 0.2) is 35.8 Å². The SMILES string of the molecule is CN1C(=O)C[C@H](C(=O)Nc2nncs2)[C@H]1c1ccccc1. The summed E-state index contributed by atoms with van der Waals surface area (Å²) in [6.07, 6.45) is 0.209. The van der Waals surface area contributed by atoms with Gasteiger partial charge in [0.1, 0.15) is 5.51 Å². The molecule has 0 radical (unpaired) electrons. The molecule has 108 valence electrons. The second-order valence-corrected chi connectivity index (χ2v) is 5.74. The minimum Gasteiger partial charge on any atom is -0.338 e. The maximum atomic E-state index is 12.4. The van der Waals surface area contributed by atoms with E-state index in [0.29, 0.717) is 5.13 Å². The van der Waals surface area contributed by atoms with Crippen molar-refractivity contribution in [3.8, 4) is 0 Å². The first-order valence-electron chi connectivity index (χ1n) is 6.54. The number of hydrogen-bond donors (Lipinski definition) is 1. The van der Waals surface area contributed by atoms with Gasteiger partial charge in [-0.15, -0.1) is 10.2 Å². The van der Waals surface area contributed by atoms with Gasteiger partial charge in [0.2, 0.25) is 16.9 Å². The fraction of sp³-hybridized carbons (Fsp3) is 0.286. The van der Waals surface area contributed by atoms with E-state index in [1.54, 1.807) is 17.5 Å². The second-order valence-electron chi connectivity index (χ2n) is 4.90. The van der Waals surface area contributed by atoms with Gasteiger partial charge in [0.15, 0.2) is 0 Å². The summed E-state index contributed by atoms with van der Waals surface area (Å²) in [5, 5.41) is 10.7. The quantitative estimate of drug-likeness (QED) is 0.936. The third kappa shape index (κ3) is 2.64. The van der Waals surface area contributed by atoms with Crippen LogP contribution in [0.1, 0.15) is 18.0 Å². The van der Waals surface area contributed by atoms with Gasteiger partial charge in [0.05, 0.1) is 12.0 Å². The first-order chi connectivity index (χ1) is 10.2. The number of likely N-dealkylation sites (tertiary alicyclic amines) is 1. The molecule has 1 aromatic carbocycles. The molecule has 6 nitrogen and oxygen atoms in total. The zero-order chi connectivity index (χ0) is 14.8. The van der Waals surface area contributed by atoms with Crippen molar-refractivity contribution in [2.24, 2.45) is 5.92 Å². The van der Waals surface area contributed by atoms with Gasteiger partial charge in [-0.3, -0.25) is 9.59 Å². The lowest BCUT2D eigenvalue weighted by Crippen LogP contribution is -2.29. The van der Waals surface area contributed by atoms with Crippen molar-refractivity contribution in [3.05, 3.63) is 41.4 Å². The molecule has 0 aliphatic carbocycles.